The van der Waals surface area contributed by atoms with E-state index >= 15 is 0 Å². The lowest BCUT2D eigenvalue weighted by Gasteiger charge is -2.39. The minimum absolute atomic E-state index is 0.0183. The highest BCUT2D eigenvalue weighted by molar-refractivity contribution is 5.79. The first-order valence-corrected chi connectivity index (χ1v) is 9.96. The molecule has 2 saturated heterocycles. The van der Waals surface area contributed by atoms with Gasteiger partial charge >= 0.3 is 6.18 Å². The third-order valence-electron chi connectivity index (χ3n) is 5.72. The first kappa shape index (κ1) is 21.6. The van der Waals surface area contributed by atoms with Crippen molar-refractivity contribution in [2.75, 3.05) is 26.4 Å². The Balaban J connectivity index is 1.68. The van der Waals surface area contributed by atoms with Gasteiger partial charge in [0.25, 0.3) is 0 Å². The van der Waals surface area contributed by atoms with Crippen LogP contribution in [0.1, 0.15) is 37.8 Å². The molecule has 1 aromatic carbocycles. The SMILES string of the molecule is CC(C)[C@H]1COCN(C(=O)Cc2ccc(C(F)(F)F)cc2)C[C@H]2CCC(=O)N1C2. The van der Waals surface area contributed by atoms with Crippen molar-refractivity contribution in [1.82, 2.24) is 9.80 Å². The molecular weight excluding hydrogens is 385 g/mol. The number of carbonyl (C=O) groups is 2. The average molecular weight is 412 g/mol. The zero-order valence-corrected chi connectivity index (χ0v) is 16.7. The van der Waals surface area contributed by atoms with Crippen molar-refractivity contribution in [1.29, 1.82) is 0 Å². The van der Waals surface area contributed by atoms with E-state index in [0.717, 1.165) is 18.6 Å². The molecule has 2 fully saturated rings. The highest BCUT2D eigenvalue weighted by atomic mass is 19.4. The molecule has 0 spiro atoms. The van der Waals surface area contributed by atoms with E-state index in [1.807, 2.05) is 4.90 Å². The second kappa shape index (κ2) is 8.73. The lowest BCUT2D eigenvalue weighted by molar-refractivity contribution is -0.140. The van der Waals surface area contributed by atoms with Gasteiger partial charge < -0.3 is 14.5 Å². The first-order chi connectivity index (χ1) is 13.6. The number of rotatable bonds is 3. The summed E-state index contributed by atoms with van der Waals surface area (Å²) in [6.07, 6.45) is -3.18. The number of piperidine rings is 1. The van der Waals surface area contributed by atoms with E-state index in [0.29, 0.717) is 31.7 Å². The molecule has 0 unspecified atom stereocenters. The second-order valence-corrected chi connectivity index (χ2v) is 8.25. The number of nitrogens with zero attached hydrogens (tertiary/aromatic N) is 2. The van der Waals surface area contributed by atoms with Crippen LogP contribution < -0.4 is 0 Å². The summed E-state index contributed by atoms with van der Waals surface area (Å²) in [5.74, 6) is 0.364. The van der Waals surface area contributed by atoms with Gasteiger partial charge in [0.15, 0.2) is 0 Å². The number of carbonyl (C=O) groups excluding carboxylic acids is 2. The van der Waals surface area contributed by atoms with Gasteiger partial charge in [-0.25, -0.2) is 0 Å². The van der Waals surface area contributed by atoms with E-state index in [4.69, 9.17) is 4.74 Å². The number of hydrogen-bond acceptors (Lipinski definition) is 3. The Hall–Kier alpha value is -2.09. The molecule has 2 atom stereocenters. The smallest absolute Gasteiger partial charge is 0.359 e. The van der Waals surface area contributed by atoms with Crippen LogP contribution in [-0.4, -0.2) is 54.1 Å². The maximum atomic E-state index is 12.8. The van der Waals surface area contributed by atoms with Gasteiger partial charge in [-0.2, -0.15) is 13.2 Å². The van der Waals surface area contributed by atoms with Crippen molar-refractivity contribution in [2.45, 2.75) is 45.3 Å². The number of fused-ring (bicyclic) bond motifs is 2. The summed E-state index contributed by atoms with van der Waals surface area (Å²) >= 11 is 0. The van der Waals surface area contributed by atoms with Crippen LogP contribution in [-0.2, 0) is 26.9 Å². The largest absolute Gasteiger partial charge is 0.416 e. The van der Waals surface area contributed by atoms with E-state index in [1.54, 1.807) is 4.90 Å². The van der Waals surface area contributed by atoms with E-state index in [2.05, 4.69) is 13.8 Å². The zero-order valence-electron chi connectivity index (χ0n) is 16.7. The van der Waals surface area contributed by atoms with Crippen LogP contribution in [0.5, 0.6) is 0 Å². The Morgan fingerprint density at radius 1 is 1.21 bits per heavy atom. The first-order valence-electron chi connectivity index (χ1n) is 9.96. The highest BCUT2D eigenvalue weighted by Gasteiger charge is 2.35. The summed E-state index contributed by atoms with van der Waals surface area (Å²) in [7, 11) is 0. The average Bonchev–Trinajstić information content (AvgIpc) is 2.72. The van der Waals surface area contributed by atoms with Gasteiger partial charge in [-0.15, -0.1) is 0 Å². The van der Waals surface area contributed by atoms with E-state index < -0.39 is 11.7 Å². The standard InChI is InChI=1S/C21H27F3N2O3/c1-14(2)18-12-29-13-25(10-16-5-8-19(27)26(18)11-16)20(28)9-15-3-6-17(7-4-15)21(22,23)24/h3-4,6-7,14,16,18H,5,8-13H2,1-2H3/t16-,18-/m1/s1. The third-order valence-corrected chi connectivity index (χ3v) is 5.72. The molecule has 2 amide bonds. The fourth-order valence-electron chi connectivity index (χ4n) is 3.97. The Kier molecular flexibility index (Phi) is 6.51. The van der Waals surface area contributed by atoms with Crippen LogP contribution in [0, 0.1) is 11.8 Å². The molecule has 5 nitrogen and oxygen atoms in total. The van der Waals surface area contributed by atoms with E-state index in [-0.39, 0.29) is 42.8 Å². The lowest BCUT2D eigenvalue weighted by Crippen LogP contribution is -2.51. The van der Waals surface area contributed by atoms with Gasteiger partial charge in [0, 0.05) is 19.5 Å². The fraction of sp³-hybridized carbons (Fsp3) is 0.619. The summed E-state index contributed by atoms with van der Waals surface area (Å²) in [6.45, 7) is 5.68. The van der Waals surface area contributed by atoms with Gasteiger partial charge in [0.05, 0.1) is 24.6 Å². The number of alkyl halides is 3. The topological polar surface area (TPSA) is 49.9 Å². The number of benzene rings is 1. The van der Waals surface area contributed by atoms with Crippen LogP contribution in [0.2, 0.25) is 0 Å². The molecule has 29 heavy (non-hydrogen) atoms. The highest BCUT2D eigenvalue weighted by Crippen LogP contribution is 2.29. The molecule has 0 aromatic heterocycles. The van der Waals surface area contributed by atoms with Crippen LogP contribution in [0.25, 0.3) is 0 Å². The minimum atomic E-state index is -4.39. The van der Waals surface area contributed by atoms with Gasteiger partial charge in [-0.1, -0.05) is 26.0 Å². The molecule has 160 valence electrons. The van der Waals surface area contributed by atoms with Crippen LogP contribution >= 0.6 is 0 Å². The predicted octanol–water partition coefficient (Wildman–Crippen LogP) is 3.33. The second-order valence-electron chi connectivity index (χ2n) is 8.25. The maximum absolute atomic E-state index is 12.8. The summed E-state index contributed by atoms with van der Waals surface area (Å²) < 4.78 is 43.9. The van der Waals surface area contributed by atoms with E-state index in [1.165, 1.54) is 12.1 Å². The summed E-state index contributed by atoms with van der Waals surface area (Å²) in [6, 6.07) is 4.65. The van der Waals surface area contributed by atoms with Gasteiger partial charge in [-0.3, -0.25) is 9.59 Å². The maximum Gasteiger partial charge on any atom is 0.416 e. The van der Waals surface area contributed by atoms with Gasteiger partial charge in [0.2, 0.25) is 11.8 Å². The predicted molar refractivity (Wildman–Crippen MR) is 101 cm³/mol. The van der Waals surface area contributed by atoms with Crippen molar-refractivity contribution in [3.63, 3.8) is 0 Å². The van der Waals surface area contributed by atoms with Crippen LogP contribution in [0.4, 0.5) is 13.2 Å². The van der Waals surface area contributed by atoms with Crippen molar-refractivity contribution in [3.05, 3.63) is 35.4 Å². The van der Waals surface area contributed by atoms with Crippen molar-refractivity contribution < 1.29 is 27.5 Å². The number of ether oxygens (including phenoxy) is 1. The molecule has 2 heterocycles. The molecule has 2 aliphatic heterocycles. The van der Waals surface area contributed by atoms with Crippen molar-refractivity contribution in [3.8, 4) is 0 Å². The molecule has 0 N–H and O–H groups in total. The summed E-state index contributed by atoms with van der Waals surface area (Å²) in [4.78, 5) is 28.7. The zero-order chi connectivity index (χ0) is 21.2. The molecule has 8 heteroatoms. The normalized spacial score (nSPS) is 23.6. The molecule has 2 bridgehead atoms. The quantitative estimate of drug-likeness (QED) is 0.765. The van der Waals surface area contributed by atoms with Crippen molar-refractivity contribution >= 4 is 11.8 Å². The molecule has 2 aliphatic rings. The lowest BCUT2D eigenvalue weighted by atomic mass is 9.93. The Morgan fingerprint density at radius 2 is 1.90 bits per heavy atom. The van der Waals surface area contributed by atoms with Crippen LogP contribution in [0.15, 0.2) is 24.3 Å². The summed E-state index contributed by atoms with van der Waals surface area (Å²) in [5.41, 5.74) is -0.199. The molecule has 0 saturated carbocycles. The molecule has 1 aromatic rings. The molecular formula is C21H27F3N2O3. The van der Waals surface area contributed by atoms with Crippen LogP contribution in [0.3, 0.4) is 0 Å². The minimum Gasteiger partial charge on any atom is -0.359 e. The number of hydrogen-bond donors (Lipinski definition) is 0. The molecule has 0 radical (unpaired) electrons. The fourth-order valence-corrected chi connectivity index (χ4v) is 3.97. The van der Waals surface area contributed by atoms with Gasteiger partial charge in [-0.05, 0) is 36.0 Å². The number of amides is 2. The third kappa shape index (κ3) is 5.29. The molecule has 0 aliphatic carbocycles. The van der Waals surface area contributed by atoms with E-state index in [9.17, 15) is 22.8 Å². The summed E-state index contributed by atoms with van der Waals surface area (Å²) in [5, 5.41) is 0. The van der Waals surface area contributed by atoms with Crippen molar-refractivity contribution in [2.24, 2.45) is 11.8 Å². The monoisotopic (exact) mass is 412 g/mol. The van der Waals surface area contributed by atoms with Gasteiger partial charge in [0.1, 0.15) is 6.73 Å². The number of halogens is 3. The Morgan fingerprint density at radius 3 is 2.52 bits per heavy atom. The Bertz CT molecular complexity index is 734. The molecule has 3 rings (SSSR count). The Labute approximate surface area is 168 Å².